The third-order valence-electron chi connectivity index (χ3n) is 5.77. The Morgan fingerprint density at radius 1 is 1.36 bits per heavy atom. The van der Waals surface area contributed by atoms with Gasteiger partial charge in [0, 0.05) is 25.0 Å². The molecule has 1 amide bonds. The molecule has 1 aromatic heterocycles. The van der Waals surface area contributed by atoms with Gasteiger partial charge in [0.05, 0.1) is 11.7 Å². The van der Waals surface area contributed by atoms with E-state index in [0.717, 1.165) is 64.1 Å². The van der Waals surface area contributed by atoms with Gasteiger partial charge in [-0.1, -0.05) is 12.1 Å². The largest absolute Gasteiger partial charge is 0.342 e. The number of carbonyl (C=O) groups excluding carboxylic acids is 1. The van der Waals surface area contributed by atoms with Gasteiger partial charge in [0.1, 0.15) is 5.69 Å². The van der Waals surface area contributed by atoms with Crippen molar-refractivity contribution >= 4 is 5.91 Å². The second kappa shape index (κ2) is 7.03. The molecule has 3 heterocycles. The first-order valence-corrected chi connectivity index (χ1v) is 9.47. The molecule has 0 unspecified atom stereocenters. The fourth-order valence-corrected chi connectivity index (χ4v) is 3.84. The molecular formula is C18H32N6O. The molecule has 25 heavy (non-hydrogen) atoms. The zero-order chi connectivity index (χ0) is 18.1. The van der Waals surface area contributed by atoms with Crippen molar-refractivity contribution in [3.8, 4) is 0 Å². The average Bonchev–Trinajstić information content (AvgIpc) is 3.04. The van der Waals surface area contributed by atoms with E-state index >= 15 is 0 Å². The van der Waals surface area contributed by atoms with Crippen LogP contribution in [0.4, 0.5) is 0 Å². The molecule has 0 aromatic carbocycles. The highest BCUT2D eigenvalue weighted by atomic mass is 16.2. The van der Waals surface area contributed by atoms with Gasteiger partial charge in [0.2, 0.25) is 5.91 Å². The summed E-state index contributed by atoms with van der Waals surface area (Å²) in [6, 6.07) is 0. The Morgan fingerprint density at radius 3 is 2.56 bits per heavy atom. The first kappa shape index (κ1) is 18.3. The lowest BCUT2D eigenvalue weighted by atomic mass is 9.79. The normalized spacial score (nSPS) is 22.2. The van der Waals surface area contributed by atoms with Gasteiger partial charge < -0.3 is 16.0 Å². The number of likely N-dealkylation sites (tertiary alicyclic amines) is 1. The van der Waals surface area contributed by atoms with Crippen LogP contribution in [0.5, 0.6) is 0 Å². The van der Waals surface area contributed by atoms with Gasteiger partial charge in [-0.2, -0.15) is 0 Å². The van der Waals surface area contributed by atoms with Crippen molar-refractivity contribution in [3.63, 3.8) is 0 Å². The van der Waals surface area contributed by atoms with Crippen LogP contribution in [0.2, 0.25) is 0 Å². The monoisotopic (exact) mass is 348 g/mol. The van der Waals surface area contributed by atoms with Crippen LogP contribution in [0.25, 0.3) is 0 Å². The molecule has 2 saturated heterocycles. The van der Waals surface area contributed by atoms with Crippen molar-refractivity contribution < 1.29 is 4.79 Å². The second-order valence-corrected chi connectivity index (χ2v) is 8.59. The molecule has 0 atom stereocenters. The predicted molar refractivity (Wildman–Crippen MR) is 96.8 cm³/mol. The lowest BCUT2D eigenvalue weighted by Gasteiger charge is -2.40. The molecule has 140 valence electrons. The summed E-state index contributed by atoms with van der Waals surface area (Å²) >= 11 is 0. The zero-order valence-electron chi connectivity index (χ0n) is 15.8. The molecular weight excluding hydrogens is 316 g/mol. The summed E-state index contributed by atoms with van der Waals surface area (Å²) in [6.07, 6.45) is 5.90. The lowest BCUT2D eigenvalue weighted by molar-refractivity contribution is -0.144. The first-order chi connectivity index (χ1) is 11.8. The Hall–Kier alpha value is -1.47. The zero-order valence-corrected chi connectivity index (χ0v) is 15.8. The van der Waals surface area contributed by atoms with Crippen LogP contribution in [0.1, 0.15) is 52.1 Å². The molecule has 7 nitrogen and oxygen atoms in total. The number of nitrogens with two attached hydrogens (primary N) is 1. The van der Waals surface area contributed by atoms with E-state index in [4.69, 9.17) is 5.73 Å². The summed E-state index contributed by atoms with van der Waals surface area (Å²) in [5.41, 5.74) is 6.26. The number of nitrogens with zero attached hydrogens (tertiary/aromatic N) is 4. The Bertz CT molecular complexity index is 591. The van der Waals surface area contributed by atoms with Crippen LogP contribution in [-0.4, -0.2) is 52.0 Å². The van der Waals surface area contributed by atoms with Crippen molar-refractivity contribution in [1.29, 1.82) is 0 Å². The van der Waals surface area contributed by atoms with E-state index in [1.165, 1.54) is 0 Å². The van der Waals surface area contributed by atoms with Crippen LogP contribution in [0.3, 0.4) is 0 Å². The summed E-state index contributed by atoms with van der Waals surface area (Å²) in [5, 5.41) is 11.7. The van der Waals surface area contributed by atoms with Crippen LogP contribution >= 0.6 is 0 Å². The standard InChI is InChI=1S/C18H32N6O/c1-17(2,19)15-13-24(22-21-15)12-14-4-10-23(11-5-14)16(25)18(3)6-8-20-9-7-18/h13-14,20H,4-12,19H2,1-3H3. The maximum absolute atomic E-state index is 12.9. The van der Waals surface area contributed by atoms with E-state index in [-0.39, 0.29) is 5.41 Å². The van der Waals surface area contributed by atoms with Gasteiger partial charge in [-0.3, -0.25) is 9.48 Å². The van der Waals surface area contributed by atoms with Crippen molar-refractivity contribution in [1.82, 2.24) is 25.2 Å². The lowest BCUT2D eigenvalue weighted by Crippen LogP contribution is -2.50. The molecule has 1 aromatic rings. The topological polar surface area (TPSA) is 89.1 Å². The SMILES string of the molecule is CC1(C(=O)N2CCC(Cn3cc(C(C)(C)N)nn3)CC2)CCNCC1. The van der Waals surface area contributed by atoms with Crippen LogP contribution in [0.15, 0.2) is 6.20 Å². The number of carbonyl (C=O) groups is 1. The minimum absolute atomic E-state index is 0.175. The Labute approximate surface area is 150 Å². The maximum atomic E-state index is 12.9. The fourth-order valence-electron chi connectivity index (χ4n) is 3.84. The average molecular weight is 348 g/mol. The van der Waals surface area contributed by atoms with Crippen molar-refractivity contribution in [2.45, 2.75) is 58.5 Å². The maximum Gasteiger partial charge on any atom is 0.228 e. The number of aromatic nitrogens is 3. The van der Waals surface area contributed by atoms with E-state index in [9.17, 15) is 4.79 Å². The van der Waals surface area contributed by atoms with Gasteiger partial charge in [-0.05, 0) is 58.5 Å². The van der Waals surface area contributed by atoms with Crippen LogP contribution in [0, 0.1) is 11.3 Å². The Kier molecular flexibility index (Phi) is 5.16. The second-order valence-electron chi connectivity index (χ2n) is 8.59. The van der Waals surface area contributed by atoms with E-state index in [1.54, 1.807) is 0 Å². The number of hydrogen-bond donors (Lipinski definition) is 2. The number of piperidine rings is 2. The third-order valence-corrected chi connectivity index (χ3v) is 5.77. The summed E-state index contributed by atoms with van der Waals surface area (Å²) < 4.78 is 1.90. The molecule has 2 aliphatic heterocycles. The molecule has 3 N–H and O–H groups in total. The van der Waals surface area contributed by atoms with Crippen molar-refractivity contribution in [2.24, 2.45) is 17.1 Å². The Morgan fingerprint density at radius 2 is 2.00 bits per heavy atom. The summed E-state index contributed by atoms with van der Waals surface area (Å²) in [7, 11) is 0. The summed E-state index contributed by atoms with van der Waals surface area (Å²) in [4.78, 5) is 15.0. The highest BCUT2D eigenvalue weighted by Crippen LogP contribution is 2.32. The molecule has 0 spiro atoms. The molecule has 2 fully saturated rings. The van der Waals surface area contributed by atoms with Gasteiger partial charge in [0.15, 0.2) is 0 Å². The number of hydrogen-bond acceptors (Lipinski definition) is 5. The number of nitrogens with one attached hydrogen (secondary N) is 1. The van der Waals surface area contributed by atoms with E-state index < -0.39 is 5.54 Å². The molecule has 0 radical (unpaired) electrons. The predicted octanol–water partition coefficient (Wildman–Crippen LogP) is 1.10. The first-order valence-electron chi connectivity index (χ1n) is 9.47. The minimum atomic E-state index is -0.460. The highest BCUT2D eigenvalue weighted by Gasteiger charge is 2.38. The van der Waals surface area contributed by atoms with E-state index in [2.05, 4.69) is 27.5 Å². The van der Waals surface area contributed by atoms with Gasteiger partial charge in [-0.25, -0.2) is 0 Å². The summed E-state index contributed by atoms with van der Waals surface area (Å²) in [5.74, 6) is 0.890. The minimum Gasteiger partial charge on any atom is -0.342 e. The van der Waals surface area contributed by atoms with Crippen LogP contribution < -0.4 is 11.1 Å². The quantitative estimate of drug-likeness (QED) is 0.850. The molecule has 7 heteroatoms. The van der Waals surface area contributed by atoms with E-state index in [0.29, 0.717) is 11.8 Å². The van der Waals surface area contributed by atoms with Gasteiger partial charge in [-0.15, -0.1) is 5.10 Å². The molecule has 0 saturated carbocycles. The van der Waals surface area contributed by atoms with Crippen molar-refractivity contribution in [3.05, 3.63) is 11.9 Å². The molecule has 3 rings (SSSR count). The number of rotatable bonds is 4. The van der Waals surface area contributed by atoms with Gasteiger partial charge in [0.25, 0.3) is 0 Å². The van der Waals surface area contributed by atoms with E-state index in [1.807, 2.05) is 24.7 Å². The summed E-state index contributed by atoms with van der Waals surface area (Å²) in [6.45, 7) is 10.5. The third kappa shape index (κ3) is 4.20. The molecule has 2 aliphatic rings. The van der Waals surface area contributed by atoms with Crippen molar-refractivity contribution in [2.75, 3.05) is 26.2 Å². The number of amides is 1. The Balaban J connectivity index is 1.52. The van der Waals surface area contributed by atoms with Crippen LogP contribution in [-0.2, 0) is 16.9 Å². The fraction of sp³-hybridized carbons (Fsp3) is 0.833. The smallest absolute Gasteiger partial charge is 0.228 e. The van der Waals surface area contributed by atoms with Gasteiger partial charge >= 0.3 is 0 Å². The molecule has 0 bridgehead atoms. The highest BCUT2D eigenvalue weighted by molar-refractivity contribution is 5.82. The molecule has 0 aliphatic carbocycles.